The molecule has 2 aliphatic rings. The van der Waals surface area contributed by atoms with E-state index in [0.717, 1.165) is 5.92 Å². The van der Waals surface area contributed by atoms with Crippen LogP contribution >= 0.6 is 0 Å². The number of ether oxygens (including phenoxy) is 1. The maximum absolute atomic E-state index is 5.81. The minimum atomic E-state index is 0.320. The van der Waals surface area contributed by atoms with Crippen LogP contribution in [-0.2, 0) is 4.74 Å². The number of fused-ring (bicyclic) bond motifs is 2. The Kier molecular flexibility index (Phi) is 2.04. The zero-order valence-corrected chi connectivity index (χ0v) is 9.47. The molecule has 14 heavy (non-hydrogen) atoms. The Hall–Kier alpha value is -0.680. The smallest absolute Gasteiger partial charge is 0.125 e. The van der Waals surface area contributed by atoms with E-state index in [0.29, 0.717) is 16.9 Å². The van der Waals surface area contributed by atoms with Gasteiger partial charge in [0, 0.05) is 10.8 Å². The fourth-order valence-electron chi connectivity index (χ4n) is 3.71. The van der Waals surface area contributed by atoms with Gasteiger partial charge in [0.25, 0.3) is 0 Å². The highest BCUT2D eigenvalue weighted by molar-refractivity contribution is 5.10. The van der Waals surface area contributed by atoms with Crippen LogP contribution in [0.3, 0.4) is 0 Å². The molecule has 1 heteroatoms. The first-order valence-corrected chi connectivity index (χ1v) is 5.50. The van der Waals surface area contributed by atoms with E-state index in [-0.39, 0.29) is 0 Å². The molecule has 2 aliphatic carbocycles. The minimum absolute atomic E-state index is 0.320. The van der Waals surface area contributed by atoms with Gasteiger partial charge in [-0.2, -0.15) is 0 Å². The Bertz CT molecular complexity index is 281. The van der Waals surface area contributed by atoms with Gasteiger partial charge >= 0.3 is 0 Å². The van der Waals surface area contributed by atoms with Gasteiger partial charge in [0.2, 0.25) is 0 Å². The number of rotatable bonds is 2. The second kappa shape index (κ2) is 2.90. The molecule has 2 saturated carbocycles. The van der Waals surface area contributed by atoms with E-state index in [4.69, 9.17) is 4.74 Å². The Labute approximate surface area is 86.8 Å². The number of hydrogen-bond acceptors (Lipinski definition) is 1. The lowest BCUT2D eigenvalue weighted by Gasteiger charge is -2.41. The molecule has 0 heterocycles. The van der Waals surface area contributed by atoms with Crippen LogP contribution in [0, 0.1) is 16.7 Å². The zero-order valence-electron chi connectivity index (χ0n) is 9.47. The van der Waals surface area contributed by atoms with Gasteiger partial charge in [-0.15, -0.1) is 0 Å². The van der Waals surface area contributed by atoms with Crippen LogP contribution < -0.4 is 0 Å². The van der Waals surface area contributed by atoms with Crippen LogP contribution in [0.4, 0.5) is 0 Å². The first kappa shape index (κ1) is 9.86. The summed E-state index contributed by atoms with van der Waals surface area (Å²) >= 11 is 0. The van der Waals surface area contributed by atoms with Gasteiger partial charge in [-0.25, -0.2) is 0 Å². The molecule has 0 unspecified atom stereocenters. The van der Waals surface area contributed by atoms with Crippen molar-refractivity contribution in [2.45, 2.75) is 46.1 Å². The largest absolute Gasteiger partial charge is 0.489 e. The lowest BCUT2D eigenvalue weighted by atomic mass is 9.70. The normalized spacial score (nSPS) is 43.4. The van der Waals surface area contributed by atoms with E-state index in [1.807, 2.05) is 0 Å². The van der Waals surface area contributed by atoms with Crippen molar-refractivity contribution >= 4 is 0 Å². The quantitative estimate of drug-likeness (QED) is 0.480. The summed E-state index contributed by atoms with van der Waals surface area (Å²) in [6, 6.07) is 0. The summed E-state index contributed by atoms with van der Waals surface area (Å²) in [6.45, 7) is 10.6. The van der Waals surface area contributed by atoms with Gasteiger partial charge in [-0.1, -0.05) is 33.1 Å². The van der Waals surface area contributed by atoms with Crippen molar-refractivity contribution < 1.29 is 4.74 Å². The highest BCUT2D eigenvalue weighted by Crippen LogP contribution is 2.63. The molecule has 0 aromatic heterocycles. The fraction of sp³-hybridized carbons (Fsp3) is 0.769. The zero-order chi connectivity index (χ0) is 10.4. The maximum Gasteiger partial charge on any atom is 0.125 e. The second-order valence-electron chi connectivity index (χ2n) is 5.75. The summed E-state index contributed by atoms with van der Waals surface area (Å²) in [7, 11) is 0. The van der Waals surface area contributed by atoms with Gasteiger partial charge in [0.1, 0.15) is 12.4 Å². The van der Waals surface area contributed by atoms with Crippen molar-refractivity contribution in [3.63, 3.8) is 0 Å². The van der Waals surface area contributed by atoms with Gasteiger partial charge in [-0.05, 0) is 25.2 Å². The molecule has 0 saturated heterocycles. The Morgan fingerprint density at radius 3 is 2.64 bits per heavy atom. The summed E-state index contributed by atoms with van der Waals surface area (Å²) in [4.78, 5) is 0. The average molecular weight is 192 g/mol. The molecule has 78 valence electrons. The summed E-state index contributed by atoms with van der Waals surface area (Å²) in [5.74, 6) is 0.843. The van der Waals surface area contributed by atoms with Crippen molar-refractivity contribution in [3.8, 4) is 0 Å². The highest BCUT2D eigenvalue weighted by atomic mass is 16.5. The van der Waals surface area contributed by atoms with Crippen LogP contribution in [0.25, 0.3) is 0 Å². The van der Waals surface area contributed by atoms with Crippen molar-refractivity contribution in [2.75, 3.05) is 0 Å². The second-order valence-corrected chi connectivity index (χ2v) is 5.75. The van der Waals surface area contributed by atoms with Crippen LogP contribution in [-0.4, -0.2) is 6.10 Å². The lowest BCUT2D eigenvalue weighted by Crippen LogP contribution is -2.41. The third-order valence-electron chi connectivity index (χ3n) is 4.43. The topological polar surface area (TPSA) is 9.23 Å². The van der Waals surface area contributed by atoms with Crippen molar-refractivity contribution in [2.24, 2.45) is 16.7 Å². The molecule has 0 radical (unpaired) electrons. The molecule has 0 spiro atoms. The first-order valence-electron chi connectivity index (χ1n) is 5.50. The molecule has 0 aromatic carbocycles. The standard InChI is InChI=1S/C13H20O/c1-5-8-14-11-12(2,3)10-6-7-13(11,4)9-10/h8,10-11H,1,6-7,9H2,2-4H3/t10-,11+,13+/m1/s1. The monoisotopic (exact) mass is 192 g/mol. The van der Waals surface area contributed by atoms with Gasteiger partial charge in [-0.3, -0.25) is 0 Å². The molecular weight excluding hydrogens is 172 g/mol. The molecule has 2 rings (SSSR count). The van der Waals surface area contributed by atoms with Gasteiger partial charge < -0.3 is 4.74 Å². The van der Waals surface area contributed by atoms with Crippen LogP contribution in [0.15, 0.2) is 18.6 Å². The summed E-state index contributed by atoms with van der Waals surface area (Å²) in [5.41, 5.74) is 3.42. The first-order chi connectivity index (χ1) is 6.50. The molecule has 3 atom stereocenters. The third-order valence-corrected chi connectivity index (χ3v) is 4.43. The summed E-state index contributed by atoms with van der Waals surface area (Å²) < 4.78 is 5.81. The van der Waals surface area contributed by atoms with E-state index in [1.165, 1.54) is 19.3 Å². The van der Waals surface area contributed by atoms with E-state index >= 15 is 0 Å². The maximum atomic E-state index is 5.81. The third kappa shape index (κ3) is 1.15. The van der Waals surface area contributed by atoms with E-state index in [9.17, 15) is 0 Å². The fourth-order valence-corrected chi connectivity index (χ4v) is 3.71. The molecule has 0 aromatic rings. The highest BCUT2D eigenvalue weighted by Gasteiger charge is 2.60. The molecule has 0 amide bonds. The minimum Gasteiger partial charge on any atom is -0.489 e. The Balaban J connectivity index is 2.25. The van der Waals surface area contributed by atoms with E-state index in [1.54, 1.807) is 6.26 Å². The van der Waals surface area contributed by atoms with Crippen molar-refractivity contribution in [1.82, 2.24) is 0 Å². The Morgan fingerprint density at radius 2 is 2.14 bits per heavy atom. The van der Waals surface area contributed by atoms with E-state index in [2.05, 4.69) is 33.1 Å². The average Bonchev–Trinajstić information content (AvgIpc) is 2.55. The van der Waals surface area contributed by atoms with Gasteiger partial charge in [0.05, 0.1) is 0 Å². The van der Waals surface area contributed by atoms with Gasteiger partial charge in [0.15, 0.2) is 0 Å². The SMILES string of the molecule is C=C=CO[C@H]1C(C)(C)[C@@H]2CC[C@@]1(C)C2. The van der Waals surface area contributed by atoms with Crippen LogP contribution in [0.2, 0.25) is 0 Å². The lowest BCUT2D eigenvalue weighted by molar-refractivity contribution is -0.0438. The molecule has 1 nitrogen and oxygen atoms in total. The predicted molar refractivity (Wildman–Crippen MR) is 57.8 cm³/mol. The molecule has 2 fully saturated rings. The van der Waals surface area contributed by atoms with Crippen molar-refractivity contribution in [3.05, 3.63) is 18.6 Å². The summed E-state index contributed by atoms with van der Waals surface area (Å²) in [6.07, 6.45) is 6.01. The van der Waals surface area contributed by atoms with Crippen LogP contribution in [0.5, 0.6) is 0 Å². The molecule has 0 N–H and O–H groups in total. The predicted octanol–water partition coefficient (Wildman–Crippen LogP) is 3.52. The molecular formula is C13H20O. The van der Waals surface area contributed by atoms with Crippen LogP contribution in [0.1, 0.15) is 40.0 Å². The van der Waals surface area contributed by atoms with Crippen molar-refractivity contribution in [1.29, 1.82) is 0 Å². The molecule has 2 bridgehead atoms. The number of hydrogen-bond donors (Lipinski definition) is 0. The summed E-state index contributed by atoms with van der Waals surface area (Å²) in [5, 5.41) is 0. The Morgan fingerprint density at radius 1 is 1.43 bits per heavy atom. The molecule has 0 aliphatic heterocycles. The van der Waals surface area contributed by atoms with E-state index < -0.39 is 0 Å².